The fourth-order valence-corrected chi connectivity index (χ4v) is 2.53. The Bertz CT molecular complexity index is 260. The summed E-state index contributed by atoms with van der Waals surface area (Å²) >= 11 is 3.51. The largest absolute Gasteiger partial charge is 0.342 e. The average molecular weight is 228 g/mol. The van der Waals surface area contributed by atoms with Gasteiger partial charge in [-0.15, -0.1) is 0 Å². The number of hydrogen-bond donors (Lipinski definition) is 0. The minimum atomic E-state index is 0.367. The Balaban J connectivity index is 2.13. The zero-order chi connectivity index (χ0) is 8.60. The van der Waals surface area contributed by atoms with Crippen LogP contribution in [0.15, 0.2) is 24.3 Å². The number of ketones is 1. The highest BCUT2D eigenvalue weighted by atomic mass is 79.9. The lowest BCUT2D eigenvalue weighted by Crippen LogP contribution is -2.05. The Labute approximate surface area is 81.0 Å². The van der Waals surface area contributed by atoms with Crippen LogP contribution in [-0.4, -0.2) is 18.2 Å². The lowest BCUT2D eigenvalue weighted by molar-refractivity contribution is -0.417. The lowest BCUT2D eigenvalue weighted by Gasteiger charge is -2.06. The molecule has 12 heavy (non-hydrogen) atoms. The Morgan fingerprint density at radius 1 is 1.58 bits per heavy atom. The van der Waals surface area contributed by atoms with E-state index in [0.29, 0.717) is 5.41 Å². The van der Waals surface area contributed by atoms with Crippen molar-refractivity contribution >= 4 is 21.7 Å². The van der Waals surface area contributed by atoms with Crippen molar-refractivity contribution in [3.05, 3.63) is 24.3 Å². The molecule has 2 aliphatic rings. The van der Waals surface area contributed by atoms with Crippen LogP contribution < -0.4 is 0 Å². The minimum Gasteiger partial charge on any atom is -0.258 e. The normalized spacial score (nSPS) is 37.5. The number of alkyl halides is 1. The van der Waals surface area contributed by atoms with Gasteiger partial charge in [0.05, 0.1) is 0 Å². The van der Waals surface area contributed by atoms with E-state index in [-0.39, 0.29) is 0 Å². The standard InChI is InChI=1S/C10H12BrO/c1-12-9-2-4-10(5-3-9)6-8(10)7-11/h2-5,8H,6-7H2,1H3/q+1. The summed E-state index contributed by atoms with van der Waals surface area (Å²) in [6, 6.07) is 0. The third-order valence-corrected chi connectivity index (χ3v) is 3.52. The van der Waals surface area contributed by atoms with Crippen molar-refractivity contribution < 1.29 is 4.42 Å². The molecule has 0 aromatic heterocycles. The van der Waals surface area contributed by atoms with E-state index in [2.05, 4.69) is 40.2 Å². The van der Waals surface area contributed by atoms with Crippen molar-refractivity contribution in [3.8, 4) is 0 Å². The second kappa shape index (κ2) is 2.84. The number of halogens is 1. The van der Waals surface area contributed by atoms with Gasteiger partial charge in [0, 0.05) is 22.9 Å². The highest BCUT2D eigenvalue weighted by Gasteiger charge is 2.50. The minimum absolute atomic E-state index is 0.367. The van der Waals surface area contributed by atoms with Crippen LogP contribution in [0.1, 0.15) is 6.42 Å². The smallest absolute Gasteiger partial charge is 0.258 e. The average Bonchev–Trinajstić information content (AvgIpc) is 2.81. The van der Waals surface area contributed by atoms with Crippen molar-refractivity contribution in [2.24, 2.45) is 11.3 Å². The first-order valence-corrected chi connectivity index (χ1v) is 5.28. The molecule has 0 aromatic rings. The molecule has 1 fully saturated rings. The highest BCUT2D eigenvalue weighted by molar-refractivity contribution is 9.09. The Kier molecular flexibility index (Phi) is 1.95. The van der Waals surface area contributed by atoms with Gasteiger partial charge in [0.15, 0.2) is 0 Å². The molecule has 1 nitrogen and oxygen atoms in total. The van der Waals surface area contributed by atoms with Gasteiger partial charge in [0.25, 0.3) is 7.11 Å². The third-order valence-electron chi connectivity index (χ3n) is 2.74. The Morgan fingerprint density at radius 2 is 2.25 bits per heavy atom. The van der Waals surface area contributed by atoms with E-state index in [1.54, 1.807) is 7.11 Å². The summed E-state index contributed by atoms with van der Waals surface area (Å²) in [5.74, 6) is 1.75. The fourth-order valence-electron chi connectivity index (χ4n) is 1.70. The van der Waals surface area contributed by atoms with Crippen molar-refractivity contribution in [3.63, 3.8) is 0 Å². The van der Waals surface area contributed by atoms with Crippen molar-refractivity contribution in [2.75, 3.05) is 12.4 Å². The first-order valence-electron chi connectivity index (χ1n) is 4.16. The predicted octanol–water partition coefficient (Wildman–Crippen LogP) is 2.25. The van der Waals surface area contributed by atoms with Gasteiger partial charge in [-0.2, -0.15) is 0 Å². The van der Waals surface area contributed by atoms with Crippen molar-refractivity contribution in [1.82, 2.24) is 0 Å². The molecule has 0 bridgehead atoms. The quantitative estimate of drug-likeness (QED) is 0.481. The molecule has 0 N–H and O–H groups in total. The van der Waals surface area contributed by atoms with Crippen LogP contribution in [0.3, 0.4) is 0 Å². The third kappa shape index (κ3) is 1.18. The second-order valence-electron chi connectivity index (χ2n) is 3.44. The maximum Gasteiger partial charge on any atom is 0.342 e. The first-order chi connectivity index (χ1) is 5.80. The van der Waals surface area contributed by atoms with Gasteiger partial charge in [0.1, 0.15) is 0 Å². The van der Waals surface area contributed by atoms with Gasteiger partial charge in [-0.3, -0.25) is 4.42 Å². The molecule has 2 rings (SSSR count). The molecule has 0 heterocycles. The second-order valence-corrected chi connectivity index (χ2v) is 4.09. The van der Waals surface area contributed by atoms with E-state index < -0.39 is 0 Å². The Hall–Kier alpha value is -0.370. The van der Waals surface area contributed by atoms with Gasteiger partial charge in [-0.1, -0.05) is 28.1 Å². The summed E-state index contributed by atoms with van der Waals surface area (Å²) in [4.78, 5) is 0. The number of allylic oxidation sites excluding steroid dienone is 4. The van der Waals surface area contributed by atoms with E-state index in [1.165, 1.54) is 6.42 Å². The van der Waals surface area contributed by atoms with Crippen LogP contribution in [0.4, 0.5) is 0 Å². The summed E-state index contributed by atoms with van der Waals surface area (Å²) in [5, 5.41) is 1.10. The fraction of sp³-hybridized carbons (Fsp3) is 0.500. The van der Waals surface area contributed by atoms with Crippen LogP contribution in [0.25, 0.3) is 0 Å². The van der Waals surface area contributed by atoms with Crippen molar-refractivity contribution in [2.45, 2.75) is 6.42 Å². The van der Waals surface area contributed by atoms with E-state index in [4.69, 9.17) is 4.42 Å². The molecule has 0 radical (unpaired) electrons. The zero-order valence-corrected chi connectivity index (χ0v) is 8.67. The van der Waals surface area contributed by atoms with Gasteiger partial charge >= 0.3 is 5.78 Å². The molecule has 0 aliphatic heterocycles. The Morgan fingerprint density at radius 3 is 2.67 bits per heavy atom. The molecular formula is C10H12BrO+. The maximum atomic E-state index is 5.11. The first kappa shape index (κ1) is 8.24. The summed E-state index contributed by atoms with van der Waals surface area (Å²) in [7, 11) is 1.71. The topological polar surface area (TPSA) is 11.3 Å². The molecular weight excluding hydrogens is 216 g/mol. The van der Waals surface area contributed by atoms with Crippen LogP contribution in [-0.2, 0) is 4.42 Å². The van der Waals surface area contributed by atoms with Crippen molar-refractivity contribution in [1.29, 1.82) is 0 Å². The monoisotopic (exact) mass is 227 g/mol. The molecule has 0 amide bonds. The SMILES string of the molecule is C[O+]=C1C=CC2(C=C1)CC2CBr. The highest BCUT2D eigenvalue weighted by Crippen LogP contribution is 2.56. The van der Waals surface area contributed by atoms with Gasteiger partial charge in [-0.25, -0.2) is 0 Å². The molecule has 1 spiro atoms. The molecule has 1 saturated carbocycles. The number of rotatable bonds is 1. The maximum absolute atomic E-state index is 5.11. The van der Waals surface area contributed by atoms with E-state index in [9.17, 15) is 0 Å². The zero-order valence-electron chi connectivity index (χ0n) is 7.09. The predicted molar refractivity (Wildman–Crippen MR) is 53.5 cm³/mol. The van der Waals surface area contributed by atoms with Crippen LogP contribution in [0, 0.1) is 11.3 Å². The summed E-state index contributed by atoms with van der Waals surface area (Å²) in [6.45, 7) is 0. The molecule has 1 unspecified atom stereocenters. The number of carbonyl (C=O) groups excluding carboxylic acids is 1. The molecule has 64 valence electrons. The van der Waals surface area contributed by atoms with Crippen LogP contribution in [0.5, 0.6) is 0 Å². The van der Waals surface area contributed by atoms with Gasteiger partial charge < -0.3 is 0 Å². The van der Waals surface area contributed by atoms with E-state index in [0.717, 1.165) is 17.0 Å². The van der Waals surface area contributed by atoms with Crippen LogP contribution >= 0.6 is 15.9 Å². The molecule has 1 atom stereocenters. The van der Waals surface area contributed by atoms with E-state index in [1.807, 2.05) is 0 Å². The molecule has 0 saturated heterocycles. The molecule has 2 aliphatic carbocycles. The summed E-state index contributed by atoms with van der Waals surface area (Å²) < 4.78 is 5.11. The lowest BCUT2D eigenvalue weighted by atomic mass is 9.98. The summed E-state index contributed by atoms with van der Waals surface area (Å²) in [5.41, 5.74) is 0.367. The van der Waals surface area contributed by atoms with Gasteiger partial charge in [0.2, 0.25) is 0 Å². The molecule has 0 aromatic carbocycles. The molecule has 2 heteroatoms. The van der Waals surface area contributed by atoms with E-state index >= 15 is 0 Å². The number of hydrogen-bond acceptors (Lipinski definition) is 0. The van der Waals surface area contributed by atoms with Gasteiger partial charge in [-0.05, 0) is 12.3 Å². The summed E-state index contributed by atoms with van der Waals surface area (Å²) in [6.07, 6.45) is 9.95. The van der Waals surface area contributed by atoms with Crippen LogP contribution in [0.2, 0.25) is 0 Å².